The van der Waals surface area contributed by atoms with Gasteiger partial charge in [0.25, 0.3) is 0 Å². The van der Waals surface area contributed by atoms with Crippen LogP contribution in [0.1, 0.15) is 278 Å². The third-order valence-electron chi connectivity index (χ3n) is 13.2. The first-order valence-electron chi connectivity index (χ1n) is 31.7. The Bertz CT molecular complexity index is 1650. The highest BCUT2D eigenvalue weighted by molar-refractivity contribution is 5.71. The monoisotopic (exact) mass is 1060 g/mol. The Morgan fingerprint density at radius 1 is 0.273 bits per heavy atom. The molecule has 6 heteroatoms. The van der Waals surface area contributed by atoms with Gasteiger partial charge in [0.2, 0.25) is 0 Å². The van der Waals surface area contributed by atoms with Gasteiger partial charge in [0, 0.05) is 19.3 Å². The SMILES string of the molecule is CC/C=C\C/C=C\C/C=C\C/C=C\C/C=C\C/C=C\C/C=C\CCCCCC(=O)OC(COC(=O)CCCCCCCCC)COC(=O)CCCCCCCCCCCCCCCC/C=C\C/C=C\C/C=C\C/C=C\CC. The Hall–Kier alpha value is -4.45. The van der Waals surface area contributed by atoms with Gasteiger partial charge in [-0.05, 0) is 116 Å². The molecule has 0 heterocycles. The fourth-order valence-electron chi connectivity index (χ4n) is 8.47. The van der Waals surface area contributed by atoms with Crippen LogP contribution in [0.2, 0.25) is 0 Å². The summed E-state index contributed by atoms with van der Waals surface area (Å²) in [6, 6.07) is 0. The molecule has 0 aliphatic carbocycles. The summed E-state index contributed by atoms with van der Waals surface area (Å²) in [4.78, 5) is 38.1. The summed E-state index contributed by atoms with van der Waals surface area (Å²) in [5, 5.41) is 0. The second kappa shape index (κ2) is 64.1. The van der Waals surface area contributed by atoms with E-state index in [0.29, 0.717) is 12.8 Å². The Balaban J connectivity index is 4.22. The number of rotatable bonds is 56. The van der Waals surface area contributed by atoms with Crippen LogP contribution in [0.15, 0.2) is 134 Å². The van der Waals surface area contributed by atoms with Crippen LogP contribution in [-0.2, 0) is 28.6 Å². The second-order valence-corrected chi connectivity index (χ2v) is 20.6. The van der Waals surface area contributed by atoms with E-state index in [0.717, 1.165) is 135 Å². The molecule has 77 heavy (non-hydrogen) atoms. The molecule has 0 amide bonds. The molecule has 6 nitrogen and oxygen atoms in total. The molecule has 0 aliphatic rings. The van der Waals surface area contributed by atoms with Crippen LogP contribution in [0, 0.1) is 0 Å². The van der Waals surface area contributed by atoms with Crippen molar-refractivity contribution in [2.75, 3.05) is 13.2 Å². The third-order valence-corrected chi connectivity index (χ3v) is 13.2. The Morgan fingerprint density at radius 2 is 0.506 bits per heavy atom. The maximum Gasteiger partial charge on any atom is 0.306 e. The highest BCUT2D eigenvalue weighted by atomic mass is 16.6. The fourth-order valence-corrected chi connectivity index (χ4v) is 8.47. The van der Waals surface area contributed by atoms with Crippen LogP contribution in [0.25, 0.3) is 0 Å². The lowest BCUT2D eigenvalue weighted by molar-refractivity contribution is -0.167. The van der Waals surface area contributed by atoms with Gasteiger partial charge in [0.15, 0.2) is 6.10 Å². The van der Waals surface area contributed by atoms with Crippen molar-refractivity contribution in [3.8, 4) is 0 Å². The van der Waals surface area contributed by atoms with Gasteiger partial charge < -0.3 is 14.2 Å². The van der Waals surface area contributed by atoms with Crippen LogP contribution in [-0.4, -0.2) is 37.2 Å². The number of unbranched alkanes of at least 4 members (excludes halogenated alkanes) is 23. The summed E-state index contributed by atoms with van der Waals surface area (Å²) < 4.78 is 16.8. The molecule has 0 aliphatic heterocycles. The molecule has 0 saturated carbocycles. The Morgan fingerprint density at radius 3 is 0.805 bits per heavy atom. The smallest absolute Gasteiger partial charge is 0.306 e. The molecule has 0 aromatic heterocycles. The molecular weight excluding hydrogens is 949 g/mol. The van der Waals surface area contributed by atoms with E-state index in [2.05, 4.69) is 154 Å². The van der Waals surface area contributed by atoms with Gasteiger partial charge in [0.05, 0.1) is 0 Å². The normalized spacial score (nSPS) is 13.0. The van der Waals surface area contributed by atoms with Crippen molar-refractivity contribution in [3.05, 3.63) is 134 Å². The summed E-state index contributed by atoms with van der Waals surface area (Å²) in [5.41, 5.74) is 0. The molecule has 1 unspecified atom stereocenters. The van der Waals surface area contributed by atoms with Gasteiger partial charge >= 0.3 is 17.9 Å². The maximum atomic E-state index is 12.9. The quantitative estimate of drug-likeness (QED) is 0.0261. The van der Waals surface area contributed by atoms with E-state index in [4.69, 9.17) is 14.2 Å². The van der Waals surface area contributed by atoms with Gasteiger partial charge in [-0.25, -0.2) is 0 Å². The second-order valence-electron chi connectivity index (χ2n) is 20.6. The van der Waals surface area contributed by atoms with E-state index in [9.17, 15) is 14.4 Å². The minimum absolute atomic E-state index is 0.0936. The van der Waals surface area contributed by atoms with Crippen molar-refractivity contribution in [2.45, 2.75) is 284 Å². The molecule has 0 spiro atoms. The van der Waals surface area contributed by atoms with Gasteiger partial charge in [-0.3, -0.25) is 14.4 Å². The zero-order chi connectivity index (χ0) is 55.7. The lowest BCUT2D eigenvalue weighted by Crippen LogP contribution is -2.30. The average molecular weight is 1070 g/mol. The predicted octanol–water partition coefficient (Wildman–Crippen LogP) is 21.8. The maximum absolute atomic E-state index is 12.9. The summed E-state index contributed by atoms with van der Waals surface area (Å²) in [5.74, 6) is -0.933. The minimum atomic E-state index is -0.798. The number of ether oxygens (including phenoxy) is 3. The topological polar surface area (TPSA) is 78.9 Å². The van der Waals surface area contributed by atoms with Crippen molar-refractivity contribution in [2.24, 2.45) is 0 Å². The van der Waals surface area contributed by atoms with Crippen LogP contribution < -0.4 is 0 Å². The molecule has 0 rings (SSSR count). The molecule has 0 aromatic carbocycles. The van der Waals surface area contributed by atoms with E-state index in [1.165, 1.54) is 103 Å². The molecular formula is C71H116O6. The highest BCUT2D eigenvalue weighted by Crippen LogP contribution is 2.16. The summed E-state index contributed by atoms with van der Waals surface area (Å²) >= 11 is 0. The van der Waals surface area contributed by atoms with Crippen LogP contribution in [0.4, 0.5) is 0 Å². The first-order valence-corrected chi connectivity index (χ1v) is 31.7. The first-order chi connectivity index (χ1) is 38.0. The van der Waals surface area contributed by atoms with Crippen molar-refractivity contribution < 1.29 is 28.6 Å². The van der Waals surface area contributed by atoms with Crippen LogP contribution in [0.5, 0.6) is 0 Å². The lowest BCUT2D eigenvalue weighted by atomic mass is 10.0. The van der Waals surface area contributed by atoms with E-state index in [1.54, 1.807) is 0 Å². The van der Waals surface area contributed by atoms with Gasteiger partial charge in [-0.15, -0.1) is 0 Å². The van der Waals surface area contributed by atoms with Crippen LogP contribution in [0.3, 0.4) is 0 Å². The average Bonchev–Trinajstić information content (AvgIpc) is 3.43. The van der Waals surface area contributed by atoms with Crippen molar-refractivity contribution in [3.63, 3.8) is 0 Å². The molecule has 0 radical (unpaired) electrons. The van der Waals surface area contributed by atoms with E-state index in [-0.39, 0.29) is 37.5 Å². The van der Waals surface area contributed by atoms with Crippen molar-refractivity contribution >= 4 is 17.9 Å². The van der Waals surface area contributed by atoms with Gasteiger partial charge in [-0.1, -0.05) is 276 Å². The Labute approximate surface area is 475 Å². The largest absolute Gasteiger partial charge is 0.462 e. The molecule has 1 atom stereocenters. The molecule has 0 saturated heterocycles. The first kappa shape index (κ1) is 72.5. The van der Waals surface area contributed by atoms with Crippen LogP contribution >= 0.6 is 0 Å². The molecule has 0 bridgehead atoms. The molecule has 436 valence electrons. The lowest BCUT2D eigenvalue weighted by Gasteiger charge is -2.18. The van der Waals surface area contributed by atoms with Gasteiger partial charge in [-0.2, -0.15) is 0 Å². The zero-order valence-electron chi connectivity index (χ0n) is 49.9. The van der Waals surface area contributed by atoms with E-state index >= 15 is 0 Å². The Kier molecular flexibility index (Phi) is 60.4. The summed E-state index contributed by atoms with van der Waals surface area (Å²) in [6.07, 6.45) is 90.5. The molecule has 0 fully saturated rings. The fraction of sp³-hybridized carbons (Fsp3) is 0.648. The summed E-state index contributed by atoms with van der Waals surface area (Å²) in [6.45, 7) is 6.35. The van der Waals surface area contributed by atoms with Crippen molar-refractivity contribution in [1.29, 1.82) is 0 Å². The third kappa shape index (κ3) is 62.3. The predicted molar refractivity (Wildman–Crippen MR) is 334 cm³/mol. The number of carbonyl (C=O) groups is 3. The number of hydrogen-bond donors (Lipinski definition) is 0. The molecule has 0 N–H and O–H groups in total. The van der Waals surface area contributed by atoms with E-state index < -0.39 is 6.10 Å². The highest BCUT2D eigenvalue weighted by Gasteiger charge is 2.19. The number of carbonyl (C=O) groups excluding carboxylic acids is 3. The van der Waals surface area contributed by atoms with Crippen molar-refractivity contribution in [1.82, 2.24) is 0 Å². The number of esters is 3. The standard InChI is InChI=1S/C71H116O6/c1-4-7-10-13-16-18-20-22-24-26-28-30-32-34-35-37-38-40-42-44-46-48-50-52-55-58-61-64-70(73)76-67-68(66-75-69(72)63-60-57-54-15-12-9-6-3)77-71(74)65-62-59-56-53-51-49-47-45-43-41-39-36-33-31-29-27-25-23-21-19-17-14-11-8-5-2/h7-8,10-11,16-19,22-25,28-31,36,39,43,45,49,51,68H,4-6,9,12-15,20-21,26-27,32-35,37-38,40-42,44,46-48,50,52-67H2,1-3H3/b10-7-,11-8-,18-16-,19-17-,24-22-,25-23-,30-28-,31-29-,39-36-,45-43-,51-49-. The minimum Gasteiger partial charge on any atom is -0.462 e. The number of hydrogen-bond acceptors (Lipinski definition) is 6. The van der Waals surface area contributed by atoms with E-state index in [1.807, 2.05) is 0 Å². The molecule has 0 aromatic rings. The number of allylic oxidation sites excluding steroid dienone is 22. The van der Waals surface area contributed by atoms with Gasteiger partial charge in [0.1, 0.15) is 13.2 Å². The summed E-state index contributed by atoms with van der Waals surface area (Å²) in [7, 11) is 0. The zero-order valence-corrected chi connectivity index (χ0v) is 49.9.